The van der Waals surface area contributed by atoms with E-state index in [1.54, 1.807) is 0 Å². The molecule has 0 aromatic heterocycles. The van der Waals surface area contributed by atoms with Crippen molar-refractivity contribution >= 4 is 11.6 Å². The highest BCUT2D eigenvalue weighted by atomic mass is 16.2. The molecule has 0 heterocycles. The van der Waals surface area contributed by atoms with Crippen molar-refractivity contribution in [3.63, 3.8) is 0 Å². The molecule has 1 aliphatic rings. The SMILES string of the molecule is O=C(Nc1ccc(C#CCCO)cc1)C1CCC1. The molecule has 3 nitrogen and oxygen atoms in total. The van der Waals surface area contributed by atoms with Gasteiger partial charge >= 0.3 is 0 Å². The van der Waals surface area contributed by atoms with E-state index in [1.165, 1.54) is 0 Å². The van der Waals surface area contributed by atoms with Crippen molar-refractivity contribution < 1.29 is 9.90 Å². The molecular formula is C15H17NO2. The third kappa shape index (κ3) is 3.35. The zero-order valence-corrected chi connectivity index (χ0v) is 10.3. The highest BCUT2D eigenvalue weighted by Crippen LogP contribution is 2.27. The van der Waals surface area contributed by atoms with E-state index in [1.807, 2.05) is 24.3 Å². The Morgan fingerprint density at radius 2 is 2.06 bits per heavy atom. The van der Waals surface area contributed by atoms with Gasteiger partial charge < -0.3 is 10.4 Å². The van der Waals surface area contributed by atoms with Gasteiger partial charge in [-0.2, -0.15) is 0 Å². The van der Waals surface area contributed by atoms with Crippen molar-refractivity contribution in [3.05, 3.63) is 29.8 Å². The maximum absolute atomic E-state index is 11.7. The van der Waals surface area contributed by atoms with Crippen molar-refractivity contribution in [2.75, 3.05) is 11.9 Å². The van der Waals surface area contributed by atoms with Crippen LogP contribution in [0.3, 0.4) is 0 Å². The molecule has 0 saturated heterocycles. The normalized spacial score (nSPS) is 14.3. The van der Waals surface area contributed by atoms with Gasteiger partial charge in [0.25, 0.3) is 0 Å². The molecule has 0 bridgehead atoms. The minimum atomic E-state index is 0.0858. The minimum Gasteiger partial charge on any atom is -0.395 e. The summed E-state index contributed by atoms with van der Waals surface area (Å²) in [5.41, 5.74) is 1.71. The summed E-state index contributed by atoms with van der Waals surface area (Å²) in [7, 11) is 0. The van der Waals surface area contributed by atoms with Gasteiger partial charge in [-0.15, -0.1) is 0 Å². The van der Waals surface area contributed by atoms with Crippen LogP contribution in [0.15, 0.2) is 24.3 Å². The van der Waals surface area contributed by atoms with Gasteiger partial charge in [0.15, 0.2) is 0 Å². The highest BCUT2D eigenvalue weighted by Gasteiger charge is 2.24. The quantitative estimate of drug-likeness (QED) is 0.799. The number of benzene rings is 1. The number of aliphatic hydroxyl groups excluding tert-OH is 1. The molecule has 1 aliphatic carbocycles. The Hall–Kier alpha value is -1.79. The summed E-state index contributed by atoms with van der Waals surface area (Å²) in [6.45, 7) is 0.0858. The van der Waals surface area contributed by atoms with E-state index >= 15 is 0 Å². The largest absolute Gasteiger partial charge is 0.395 e. The summed E-state index contributed by atoms with van der Waals surface area (Å²) in [6.07, 6.45) is 3.67. The Morgan fingerprint density at radius 1 is 1.33 bits per heavy atom. The number of nitrogens with one attached hydrogen (secondary N) is 1. The average molecular weight is 243 g/mol. The molecule has 1 aromatic rings. The molecule has 2 N–H and O–H groups in total. The van der Waals surface area contributed by atoms with Crippen LogP contribution in [-0.4, -0.2) is 17.6 Å². The van der Waals surface area contributed by atoms with Crippen LogP contribution in [0.2, 0.25) is 0 Å². The number of anilines is 1. The summed E-state index contributed by atoms with van der Waals surface area (Å²) >= 11 is 0. The van der Waals surface area contributed by atoms with E-state index in [9.17, 15) is 4.79 Å². The van der Waals surface area contributed by atoms with Gasteiger partial charge in [0.05, 0.1) is 6.61 Å². The van der Waals surface area contributed by atoms with E-state index < -0.39 is 0 Å². The topological polar surface area (TPSA) is 49.3 Å². The Balaban J connectivity index is 1.91. The first-order valence-electron chi connectivity index (χ1n) is 6.30. The number of hydrogen-bond donors (Lipinski definition) is 2. The number of amides is 1. The number of hydrogen-bond acceptors (Lipinski definition) is 2. The standard InChI is InChI=1S/C15H17NO2/c17-11-2-1-4-12-7-9-14(10-8-12)16-15(18)13-5-3-6-13/h7-10,13,17H,2-3,5-6,11H2,(H,16,18). The molecular weight excluding hydrogens is 226 g/mol. The monoisotopic (exact) mass is 243 g/mol. The lowest BCUT2D eigenvalue weighted by Gasteiger charge is -2.23. The Morgan fingerprint density at radius 3 is 2.61 bits per heavy atom. The Bertz CT molecular complexity index is 464. The summed E-state index contributed by atoms with van der Waals surface area (Å²) in [4.78, 5) is 11.7. The Labute approximate surface area is 107 Å². The molecule has 0 radical (unpaired) electrons. The van der Waals surface area contributed by atoms with E-state index in [4.69, 9.17) is 5.11 Å². The number of carbonyl (C=O) groups excluding carboxylic acids is 1. The fraction of sp³-hybridized carbons (Fsp3) is 0.400. The number of rotatable bonds is 3. The van der Waals surface area contributed by atoms with Crippen LogP contribution in [-0.2, 0) is 4.79 Å². The first kappa shape index (κ1) is 12.7. The predicted octanol–water partition coefficient (Wildman–Crippen LogP) is 2.16. The summed E-state index contributed by atoms with van der Waals surface area (Å²) in [5.74, 6) is 6.14. The van der Waals surface area contributed by atoms with Crippen LogP contribution in [0.5, 0.6) is 0 Å². The third-order valence-electron chi connectivity index (χ3n) is 3.10. The van der Waals surface area contributed by atoms with E-state index in [2.05, 4.69) is 17.2 Å². The van der Waals surface area contributed by atoms with E-state index in [0.717, 1.165) is 30.5 Å². The lowest BCUT2D eigenvalue weighted by Crippen LogP contribution is -2.27. The fourth-order valence-corrected chi connectivity index (χ4v) is 1.77. The van der Waals surface area contributed by atoms with E-state index in [0.29, 0.717) is 6.42 Å². The zero-order chi connectivity index (χ0) is 12.8. The predicted molar refractivity (Wildman–Crippen MR) is 71.0 cm³/mol. The lowest BCUT2D eigenvalue weighted by atomic mass is 9.85. The molecule has 3 heteroatoms. The maximum Gasteiger partial charge on any atom is 0.227 e. The summed E-state index contributed by atoms with van der Waals surface area (Å²) < 4.78 is 0. The highest BCUT2D eigenvalue weighted by molar-refractivity contribution is 5.93. The molecule has 18 heavy (non-hydrogen) atoms. The van der Waals surface area contributed by atoms with Crippen LogP contribution in [0.1, 0.15) is 31.2 Å². The van der Waals surface area contributed by atoms with Crippen molar-refractivity contribution in [2.24, 2.45) is 5.92 Å². The number of carbonyl (C=O) groups is 1. The molecule has 0 atom stereocenters. The van der Waals surface area contributed by atoms with Crippen LogP contribution >= 0.6 is 0 Å². The fourth-order valence-electron chi connectivity index (χ4n) is 1.77. The minimum absolute atomic E-state index is 0.0858. The second kappa shape index (κ2) is 6.23. The molecule has 2 rings (SSSR count). The Kier molecular flexibility index (Phi) is 4.38. The molecule has 0 unspecified atom stereocenters. The van der Waals surface area contributed by atoms with Gasteiger partial charge in [-0.25, -0.2) is 0 Å². The van der Waals surface area contributed by atoms with Gasteiger partial charge in [0.1, 0.15) is 0 Å². The van der Waals surface area contributed by atoms with Crippen molar-refractivity contribution in [2.45, 2.75) is 25.7 Å². The van der Waals surface area contributed by atoms with Crippen molar-refractivity contribution in [1.82, 2.24) is 0 Å². The van der Waals surface area contributed by atoms with Crippen LogP contribution in [0, 0.1) is 17.8 Å². The molecule has 1 aromatic carbocycles. The van der Waals surface area contributed by atoms with Crippen molar-refractivity contribution in [3.8, 4) is 11.8 Å². The van der Waals surface area contributed by atoms with Gasteiger partial charge in [0, 0.05) is 23.6 Å². The molecule has 0 aliphatic heterocycles. The van der Waals surface area contributed by atoms with Gasteiger partial charge in [-0.1, -0.05) is 18.3 Å². The van der Waals surface area contributed by atoms with Crippen LogP contribution in [0.4, 0.5) is 5.69 Å². The summed E-state index contributed by atoms with van der Waals surface area (Å²) in [6, 6.07) is 7.47. The first-order valence-corrected chi connectivity index (χ1v) is 6.30. The van der Waals surface area contributed by atoms with Crippen LogP contribution < -0.4 is 5.32 Å². The lowest BCUT2D eigenvalue weighted by molar-refractivity contribution is -0.122. The van der Waals surface area contributed by atoms with Gasteiger partial charge in [-0.3, -0.25) is 4.79 Å². The number of aliphatic hydroxyl groups is 1. The molecule has 1 amide bonds. The van der Waals surface area contributed by atoms with E-state index in [-0.39, 0.29) is 18.4 Å². The third-order valence-corrected chi connectivity index (χ3v) is 3.10. The van der Waals surface area contributed by atoms with Crippen molar-refractivity contribution in [1.29, 1.82) is 0 Å². The summed E-state index contributed by atoms with van der Waals surface area (Å²) in [5, 5.41) is 11.5. The molecule has 1 fully saturated rings. The molecule has 94 valence electrons. The smallest absolute Gasteiger partial charge is 0.227 e. The second-order valence-corrected chi connectivity index (χ2v) is 4.47. The molecule has 0 spiro atoms. The van der Waals surface area contributed by atoms with Gasteiger partial charge in [0.2, 0.25) is 5.91 Å². The second-order valence-electron chi connectivity index (χ2n) is 4.47. The van der Waals surface area contributed by atoms with Crippen LogP contribution in [0.25, 0.3) is 0 Å². The molecule has 1 saturated carbocycles. The first-order chi connectivity index (χ1) is 8.79. The van der Waals surface area contributed by atoms with Gasteiger partial charge in [-0.05, 0) is 37.1 Å². The zero-order valence-electron chi connectivity index (χ0n) is 10.3. The average Bonchev–Trinajstić information content (AvgIpc) is 2.29. The maximum atomic E-state index is 11.7.